The Labute approximate surface area is 114 Å². The van der Waals surface area contributed by atoms with Crippen LogP contribution in [-0.4, -0.2) is 34.9 Å². The summed E-state index contributed by atoms with van der Waals surface area (Å²) < 4.78 is 0. The van der Waals surface area contributed by atoms with Crippen LogP contribution in [0.4, 0.5) is 0 Å². The molecule has 2 rings (SSSR count). The minimum absolute atomic E-state index is 0.0425. The van der Waals surface area contributed by atoms with E-state index in [2.05, 4.69) is 5.16 Å². The van der Waals surface area contributed by atoms with Crippen molar-refractivity contribution >= 4 is 11.7 Å². The van der Waals surface area contributed by atoms with Gasteiger partial charge in [-0.2, -0.15) is 0 Å². The fourth-order valence-corrected chi connectivity index (χ4v) is 3.35. The summed E-state index contributed by atoms with van der Waals surface area (Å²) in [6.45, 7) is 0. The molecule has 0 unspecified atom stereocenters. The molecular formula is C14H25N3O2. The largest absolute Gasteiger partial charge is 0.409 e. The van der Waals surface area contributed by atoms with Crippen molar-refractivity contribution in [2.24, 2.45) is 16.3 Å². The van der Waals surface area contributed by atoms with Gasteiger partial charge in [0.1, 0.15) is 5.41 Å². The van der Waals surface area contributed by atoms with Gasteiger partial charge in [-0.1, -0.05) is 37.3 Å². The lowest BCUT2D eigenvalue weighted by Crippen LogP contribution is -2.56. The van der Waals surface area contributed by atoms with E-state index in [4.69, 9.17) is 10.9 Å². The van der Waals surface area contributed by atoms with Gasteiger partial charge >= 0.3 is 0 Å². The molecule has 0 heterocycles. The molecule has 0 aliphatic heterocycles. The molecule has 2 aliphatic carbocycles. The Balaban J connectivity index is 2.09. The number of carbonyl (C=O) groups is 1. The quantitative estimate of drug-likeness (QED) is 0.270. The Bertz CT molecular complexity index is 356. The second-order valence-electron chi connectivity index (χ2n) is 5.98. The molecule has 0 bridgehead atoms. The molecule has 2 aliphatic rings. The molecule has 5 heteroatoms. The Morgan fingerprint density at radius 1 is 1.21 bits per heavy atom. The second-order valence-corrected chi connectivity index (χ2v) is 5.98. The first-order valence-electron chi connectivity index (χ1n) is 7.37. The highest BCUT2D eigenvalue weighted by Crippen LogP contribution is 2.43. The van der Waals surface area contributed by atoms with Gasteiger partial charge in [0.15, 0.2) is 5.84 Å². The summed E-state index contributed by atoms with van der Waals surface area (Å²) >= 11 is 0. The minimum Gasteiger partial charge on any atom is -0.409 e. The van der Waals surface area contributed by atoms with E-state index in [0.717, 1.165) is 19.3 Å². The van der Waals surface area contributed by atoms with Gasteiger partial charge < -0.3 is 15.8 Å². The molecule has 2 saturated carbocycles. The fourth-order valence-electron chi connectivity index (χ4n) is 3.35. The van der Waals surface area contributed by atoms with Crippen LogP contribution < -0.4 is 5.73 Å². The lowest BCUT2D eigenvalue weighted by molar-refractivity contribution is -0.143. The van der Waals surface area contributed by atoms with Crippen molar-refractivity contribution in [1.29, 1.82) is 0 Å². The van der Waals surface area contributed by atoms with Gasteiger partial charge in [0.2, 0.25) is 5.91 Å². The highest BCUT2D eigenvalue weighted by Gasteiger charge is 2.50. The summed E-state index contributed by atoms with van der Waals surface area (Å²) in [5.41, 5.74) is 5.04. The number of hydrogen-bond acceptors (Lipinski definition) is 3. The molecular weight excluding hydrogens is 242 g/mol. The number of hydrogen-bond donors (Lipinski definition) is 2. The van der Waals surface area contributed by atoms with Crippen LogP contribution in [0.15, 0.2) is 5.16 Å². The summed E-state index contributed by atoms with van der Waals surface area (Å²) in [5, 5.41) is 12.0. The van der Waals surface area contributed by atoms with E-state index in [1.807, 2.05) is 11.9 Å². The molecule has 0 aromatic rings. The van der Waals surface area contributed by atoms with Crippen LogP contribution in [0.2, 0.25) is 0 Å². The monoisotopic (exact) mass is 267 g/mol. The van der Waals surface area contributed by atoms with Gasteiger partial charge in [-0.25, -0.2) is 0 Å². The Kier molecular flexibility index (Phi) is 4.32. The summed E-state index contributed by atoms with van der Waals surface area (Å²) in [6, 6.07) is 0.318. The summed E-state index contributed by atoms with van der Waals surface area (Å²) in [6.07, 6.45) is 9.46. The highest BCUT2D eigenvalue weighted by atomic mass is 16.4. The number of nitrogens with zero attached hydrogens (tertiary/aromatic N) is 2. The van der Waals surface area contributed by atoms with Crippen LogP contribution in [0.25, 0.3) is 0 Å². The third kappa shape index (κ3) is 2.55. The van der Waals surface area contributed by atoms with E-state index >= 15 is 0 Å². The molecule has 3 N–H and O–H groups in total. The van der Waals surface area contributed by atoms with Gasteiger partial charge in [0.05, 0.1) is 0 Å². The van der Waals surface area contributed by atoms with E-state index in [0.29, 0.717) is 18.9 Å². The summed E-state index contributed by atoms with van der Waals surface area (Å²) in [4.78, 5) is 14.6. The molecule has 0 aromatic carbocycles. The lowest BCUT2D eigenvalue weighted by atomic mass is 9.66. The van der Waals surface area contributed by atoms with E-state index in [9.17, 15) is 4.79 Å². The number of amides is 1. The van der Waals surface area contributed by atoms with Gasteiger partial charge in [0.25, 0.3) is 0 Å². The SMILES string of the molecule is CN(C(=O)C1(C(N)=NO)CCC1)C1CCCCCC1. The summed E-state index contributed by atoms with van der Waals surface area (Å²) in [5.74, 6) is 0.130. The number of nitrogens with two attached hydrogens (primary N) is 1. The van der Waals surface area contributed by atoms with E-state index in [1.54, 1.807) is 0 Å². The predicted octanol–water partition coefficient (Wildman–Crippen LogP) is 2.08. The Morgan fingerprint density at radius 2 is 1.79 bits per heavy atom. The first kappa shape index (κ1) is 14.2. The lowest BCUT2D eigenvalue weighted by Gasteiger charge is -2.43. The molecule has 108 valence electrons. The second kappa shape index (κ2) is 5.80. The molecule has 19 heavy (non-hydrogen) atoms. The average molecular weight is 267 g/mol. The van der Waals surface area contributed by atoms with Crippen LogP contribution in [0.3, 0.4) is 0 Å². The average Bonchev–Trinajstić information content (AvgIpc) is 2.64. The van der Waals surface area contributed by atoms with Gasteiger partial charge in [-0.05, 0) is 25.7 Å². The molecule has 0 aromatic heterocycles. The van der Waals surface area contributed by atoms with Gasteiger partial charge in [-0.15, -0.1) is 0 Å². The van der Waals surface area contributed by atoms with Crippen molar-refractivity contribution in [2.45, 2.75) is 63.8 Å². The van der Waals surface area contributed by atoms with Crippen molar-refractivity contribution in [2.75, 3.05) is 7.05 Å². The molecule has 0 spiro atoms. The fraction of sp³-hybridized carbons (Fsp3) is 0.857. The van der Waals surface area contributed by atoms with Crippen molar-refractivity contribution < 1.29 is 10.0 Å². The maximum absolute atomic E-state index is 12.7. The third-order valence-electron chi connectivity index (χ3n) is 4.91. The molecule has 0 radical (unpaired) electrons. The molecule has 1 amide bonds. The maximum Gasteiger partial charge on any atom is 0.236 e. The highest BCUT2D eigenvalue weighted by molar-refractivity contribution is 6.07. The molecule has 0 atom stereocenters. The zero-order chi connectivity index (χ0) is 13.9. The van der Waals surface area contributed by atoms with Crippen LogP contribution in [0, 0.1) is 5.41 Å². The van der Waals surface area contributed by atoms with Crippen LogP contribution in [-0.2, 0) is 4.79 Å². The number of oxime groups is 1. The van der Waals surface area contributed by atoms with E-state index < -0.39 is 5.41 Å². The standard InChI is InChI=1S/C14H25N3O2/c1-17(11-7-4-2-3-5-8-11)13(18)14(9-6-10-14)12(15)16-19/h11,19H,2-10H2,1H3,(H2,15,16). The molecule has 2 fully saturated rings. The first-order valence-corrected chi connectivity index (χ1v) is 7.37. The van der Waals surface area contributed by atoms with Crippen LogP contribution >= 0.6 is 0 Å². The zero-order valence-corrected chi connectivity index (χ0v) is 11.8. The zero-order valence-electron chi connectivity index (χ0n) is 11.8. The minimum atomic E-state index is -0.726. The third-order valence-corrected chi connectivity index (χ3v) is 4.91. The predicted molar refractivity (Wildman–Crippen MR) is 74.0 cm³/mol. The van der Waals surface area contributed by atoms with E-state index in [-0.39, 0.29) is 11.7 Å². The Morgan fingerprint density at radius 3 is 2.21 bits per heavy atom. The molecule has 0 saturated heterocycles. The smallest absolute Gasteiger partial charge is 0.236 e. The van der Waals surface area contributed by atoms with E-state index in [1.165, 1.54) is 25.7 Å². The van der Waals surface area contributed by atoms with Gasteiger partial charge in [-0.3, -0.25) is 4.79 Å². The number of carbonyl (C=O) groups excluding carboxylic acids is 1. The summed E-state index contributed by atoms with van der Waals surface area (Å²) in [7, 11) is 1.88. The van der Waals surface area contributed by atoms with Gasteiger partial charge in [0, 0.05) is 13.1 Å². The topological polar surface area (TPSA) is 78.9 Å². The molecule has 5 nitrogen and oxygen atoms in total. The van der Waals surface area contributed by atoms with Crippen molar-refractivity contribution in [3.8, 4) is 0 Å². The first-order chi connectivity index (χ1) is 9.12. The van der Waals surface area contributed by atoms with Crippen molar-refractivity contribution in [3.05, 3.63) is 0 Å². The maximum atomic E-state index is 12.7. The Hall–Kier alpha value is -1.26. The van der Waals surface area contributed by atoms with Crippen molar-refractivity contribution in [3.63, 3.8) is 0 Å². The van der Waals surface area contributed by atoms with Crippen LogP contribution in [0.1, 0.15) is 57.8 Å². The number of rotatable bonds is 3. The van der Waals surface area contributed by atoms with Crippen molar-refractivity contribution in [1.82, 2.24) is 4.90 Å². The normalized spacial score (nSPS) is 24.4. The number of amidine groups is 1. The van der Waals surface area contributed by atoms with Crippen LogP contribution in [0.5, 0.6) is 0 Å².